The Kier molecular flexibility index (Phi) is 7.63. The van der Waals surface area contributed by atoms with Gasteiger partial charge in [-0.15, -0.1) is 0 Å². The summed E-state index contributed by atoms with van der Waals surface area (Å²) in [7, 11) is 0. The van der Waals surface area contributed by atoms with Crippen LogP contribution < -0.4 is 10.5 Å². The highest BCUT2D eigenvalue weighted by atomic mass is 79.9. The molecule has 2 aromatic rings. The van der Waals surface area contributed by atoms with Crippen LogP contribution in [-0.4, -0.2) is 29.9 Å². The molecule has 0 saturated carbocycles. The fourth-order valence-electron chi connectivity index (χ4n) is 2.66. The molecule has 0 fully saturated rings. The van der Waals surface area contributed by atoms with Gasteiger partial charge < -0.3 is 15.4 Å². The van der Waals surface area contributed by atoms with Gasteiger partial charge in [0.05, 0.1) is 4.47 Å². The number of nitrogens with two attached hydrogens (primary N) is 1. The Morgan fingerprint density at radius 3 is 2.36 bits per heavy atom. The van der Waals surface area contributed by atoms with E-state index < -0.39 is 5.91 Å². The summed E-state index contributed by atoms with van der Waals surface area (Å²) in [5, 5.41) is 0. The first-order valence-corrected chi connectivity index (χ1v) is 9.99. The number of primary amides is 1. The molecule has 2 N–H and O–H groups in total. The minimum atomic E-state index is -0.438. The number of ether oxygens (including phenoxy) is 1. The molecule has 6 heteroatoms. The summed E-state index contributed by atoms with van der Waals surface area (Å²) in [6, 6.07) is 15.5. The van der Waals surface area contributed by atoms with E-state index in [1.165, 1.54) is 5.56 Å². The molecule has 2 aromatic carbocycles. The van der Waals surface area contributed by atoms with Gasteiger partial charge in [-0.2, -0.15) is 0 Å². The predicted molar refractivity (Wildman–Crippen MR) is 114 cm³/mol. The predicted octanol–water partition coefficient (Wildman–Crippen LogP) is 4.03. The third-order valence-electron chi connectivity index (χ3n) is 4.35. The van der Waals surface area contributed by atoms with Gasteiger partial charge in [-0.05, 0) is 44.6 Å². The van der Waals surface area contributed by atoms with Crippen molar-refractivity contribution in [2.24, 2.45) is 5.73 Å². The highest BCUT2D eigenvalue weighted by Crippen LogP contribution is 2.31. The third-order valence-corrected chi connectivity index (χ3v) is 4.97. The van der Waals surface area contributed by atoms with Crippen LogP contribution in [0, 0.1) is 0 Å². The van der Waals surface area contributed by atoms with E-state index in [4.69, 9.17) is 10.5 Å². The fourth-order valence-corrected chi connectivity index (χ4v) is 3.15. The van der Waals surface area contributed by atoms with Crippen molar-refractivity contribution in [2.75, 3.05) is 13.2 Å². The largest absolute Gasteiger partial charge is 0.483 e. The number of hydrogen-bond donors (Lipinski definition) is 1. The molecule has 0 spiro atoms. The van der Waals surface area contributed by atoms with Crippen LogP contribution in [0.5, 0.6) is 5.75 Å². The van der Waals surface area contributed by atoms with Crippen LogP contribution in [0.2, 0.25) is 0 Å². The lowest BCUT2D eigenvalue weighted by molar-refractivity contribution is -0.134. The van der Waals surface area contributed by atoms with Crippen LogP contribution in [0.15, 0.2) is 53.0 Å². The van der Waals surface area contributed by atoms with Crippen molar-refractivity contribution in [3.05, 3.63) is 64.1 Å². The van der Waals surface area contributed by atoms with Gasteiger partial charge in [0.2, 0.25) is 5.91 Å². The zero-order valence-corrected chi connectivity index (χ0v) is 18.2. The Hall–Kier alpha value is -2.34. The molecule has 0 radical (unpaired) electrons. The minimum absolute atomic E-state index is 0.0259. The standard InChI is InChI=1S/C22H27BrN2O3/c1-22(2,3)17-9-10-19(18(23)13-17)28-15-21(27)25(12-11-20(24)26)14-16-7-5-4-6-8-16/h4-10,13H,11-12,14-15H2,1-3H3,(H2,24,26). The first-order chi connectivity index (χ1) is 13.2. The normalized spacial score (nSPS) is 11.1. The van der Waals surface area contributed by atoms with E-state index in [0.717, 1.165) is 10.0 Å². The molecule has 0 aliphatic heterocycles. The number of hydrogen-bond acceptors (Lipinski definition) is 3. The van der Waals surface area contributed by atoms with Gasteiger partial charge >= 0.3 is 0 Å². The molecule has 0 aromatic heterocycles. The second-order valence-electron chi connectivity index (χ2n) is 7.70. The Balaban J connectivity index is 2.05. The molecular formula is C22H27BrN2O3. The lowest BCUT2D eigenvalue weighted by Crippen LogP contribution is -2.36. The lowest BCUT2D eigenvalue weighted by Gasteiger charge is -2.23. The maximum absolute atomic E-state index is 12.7. The third kappa shape index (κ3) is 6.68. The minimum Gasteiger partial charge on any atom is -0.483 e. The number of halogens is 1. The van der Waals surface area contributed by atoms with Gasteiger partial charge in [-0.1, -0.05) is 57.2 Å². The van der Waals surface area contributed by atoms with E-state index in [-0.39, 0.29) is 30.9 Å². The molecule has 0 saturated heterocycles. The summed E-state index contributed by atoms with van der Waals surface area (Å²) >= 11 is 3.52. The van der Waals surface area contributed by atoms with E-state index >= 15 is 0 Å². The van der Waals surface area contributed by atoms with Gasteiger partial charge in [0.1, 0.15) is 5.75 Å². The molecule has 0 unspecified atom stereocenters. The van der Waals surface area contributed by atoms with Gasteiger partial charge in [0, 0.05) is 19.5 Å². The number of rotatable bonds is 8. The van der Waals surface area contributed by atoms with Gasteiger partial charge in [-0.25, -0.2) is 0 Å². The number of amides is 2. The smallest absolute Gasteiger partial charge is 0.260 e. The Morgan fingerprint density at radius 2 is 1.79 bits per heavy atom. The van der Waals surface area contributed by atoms with Crippen molar-refractivity contribution in [3.8, 4) is 5.75 Å². The molecule has 0 aliphatic rings. The summed E-state index contributed by atoms with van der Waals surface area (Å²) in [6.07, 6.45) is 0.114. The van der Waals surface area contributed by atoms with Crippen molar-refractivity contribution in [2.45, 2.75) is 39.2 Å². The zero-order valence-electron chi connectivity index (χ0n) is 16.6. The van der Waals surface area contributed by atoms with E-state index in [9.17, 15) is 9.59 Å². The van der Waals surface area contributed by atoms with Crippen molar-refractivity contribution in [1.82, 2.24) is 4.90 Å². The lowest BCUT2D eigenvalue weighted by atomic mass is 9.87. The van der Waals surface area contributed by atoms with Crippen molar-refractivity contribution < 1.29 is 14.3 Å². The highest BCUT2D eigenvalue weighted by Gasteiger charge is 2.18. The van der Waals surface area contributed by atoms with E-state index in [0.29, 0.717) is 12.3 Å². The summed E-state index contributed by atoms with van der Waals surface area (Å²) in [6.45, 7) is 6.97. The van der Waals surface area contributed by atoms with E-state index in [1.54, 1.807) is 4.90 Å². The molecule has 5 nitrogen and oxygen atoms in total. The topological polar surface area (TPSA) is 72.6 Å². The molecule has 2 rings (SSSR count). The summed E-state index contributed by atoms with van der Waals surface area (Å²) < 4.78 is 6.54. The number of carbonyl (C=O) groups is 2. The number of carbonyl (C=O) groups excluding carboxylic acids is 2. The molecule has 28 heavy (non-hydrogen) atoms. The molecular weight excluding hydrogens is 420 g/mol. The van der Waals surface area contributed by atoms with Crippen LogP contribution in [-0.2, 0) is 21.5 Å². The van der Waals surface area contributed by atoms with E-state index in [2.05, 4.69) is 36.7 Å². The molecule has 0 bridgehead atoms. The summed E-state index contributed by atoms with van der Waals surface area (Å²) in [4.78, 5) is 25.5. The average Bonchev–Trinajstić information content (AvgIpc) is 2.63. The Bertz CT molecular complexity index is 816. The maximum atomic E-state index is 12.7. The average molecular weight is 447 g/mol. The van der Waals surface area contributed by atoms with Crippen LogP contribution in [0.3, 0.4) is 0 Å². The van der Waals surface area contributed by atoms with Gasteiger partial charge in [0.25, 0.3) is 5.91 Å². The fraction of sp³-hybridized carbons (Fsp3) is 0.364. The molecule has 0 heterocycles. The summed E-state index contributed by atoms with van der Waals surface area (Å²) in [5.74, 6) is -0.0277. The molecule has 150 valence electrons. The second-order valence-corrected chi connectivity index (χ2v) is 8.56. The number of nitrogens with zero attached hydrogens (tertiary/aromatic N) is 1. The SMILES string of the molecule is CC(C)(C)c1ccc(OCC(=O)N(CCC(N)=O)Cc2ccccc2)c(Br)c1. The van der Waals surface area contributed by atoms with Crippen molar-refractivity contribution in [3.63, 3.8) is 0 Å². The van der Waals surface area contributed by atoms with Gasteiger partial charge in [0.15, 0.2) is 6.61 Å². The Labute approximate surface area is 175 Å². The van der Waals surface area contributed by atoms with E-state index in [1.807, 2.05) is 48.5 Å². The zero-order chi connectivity index (χ0) is 20.7. The first kappa shape index (κ1) is 22.0. The van der Waals surface area contributed by atoms with Crippen LogP contribution in [0.1, 0.15) is 38.3 Å². The summed E-state index contributed by atoms with van der Waals surface area (Å²) in [5.41, 5.74) is 7.43. The Morgan fingerprint density at radius 1 is 1.11 bits per heavy atom. The van der Waals surface area contributed by atoms with Crippen molar-refractivity contribution in [1.29, 1.82) is 0 Å². The van der Waals surface area contributed by atoms with Gasteiger partial charge in [-0.3, -0.25) is 9.59 Å². The second kappa shape index (κ2) is 9.73. The first-order valence-electron chi connectivity index (χ1n) is 9.19. The van der Waals surface area contributed by atoms with Crippen LogP contribution in [0.4, 0.5) is 0 Å². The van der Waals surface area contributed by atoms with Crippen molar-refractivity contribution >= 4 is 27.7 Å². The molecule has 0 atom stereocenters. The molecule has 0 aliphatic carbocycles. The quantitative estimate of drug-likeness (QED) is 0.664. The monoisotopic (exact) mass is 446 g/mol. The maximum Gasteiger partial charge on any atom is 0.260 e. The van der Waals surface area contributed by atoms with Crippen LogP contribution >= 0.6 is 15.9 Å². The molecule has 2 amide bonds. The number of benzene rings is 2. The van der Waals surface area contributed by atoms with Crippen LogP contribution in [0.25, 0.3) is 0 Å². The highest BCUT2D eigenvalue weighted by molar-refractivity contribution is 9.10.